The molecule has 1 heterocycles. The molecule has 0 unspecified atom stereocenters. The molecule has 7 heteroatoms. The molecule has 0 N–H and O–H groups in total. The van der Waals surface area contributed by atoms with Crippen LogP contribution in [0.25, 0.3) is 22.8 Å². The molecule has 0 saturated carbocycles. The second-order valence-electron chi connectivity index (χ2n) is 6.22. The highest BCUT2D eigenvalue weighted by atomic mass is 19.1. The molecule has 0 aliphatic heterocycles. The first kappa shape index (κ1) is 20.3. The van der Waals surface area contributed by atoms with Crippen molar-refractivity contribution in [1.82, 2.24) is 9.88 Å². The Kier molecular flexibility index (Phi) is 6.39. The zero-order valence-corrected chi connectivity index (χ0v) is 16.2. The Labute approximate surface area is 167 Å². The molecule has 2 aromatic carbocycles. The minimum atomic E-state index is -0.636. The lowest BCUT2D eigenvalue weighted by atomic mass is 10.1. The lowest BCUT2D eigenvalue weighted by molar-refractivity contribution is -0.134. The van der Waals surface area contributed by atoms with Gasteiger partial charge in [0, 0.05) is 18.7 Å². The zero-order chi connectivity index (χ0) is 20.8. The van der Waals surface area contributed by atoms with E-state index in [1.807, 2.05) is 13.8 Å². The van der Waals surface area contributed by atoms with Crippen molar-refractivity contribution < 1.29 is 23.1 Å². The van der Waals surface area contributed by atoms with E-state index in [4.69, 9.17) is 9.15 Å². The minimum Gasteiger partial charge on any atom is -0.452 e. The number of aromatic nitrogens is 1. The van der Waals surface area contributed by atoms with Crippen LogP contribution in [0.3, 0.4) is 0 Å². The fourth-order valence-corrected chi connectivity index (χ4v) is 2.87. The topological polar surface area (TPSA) is 72.6 Å². The third-order valence-corrected chi connectivity index (χ3v) is 4.45. The standard InChI is InChI=1S/C22H21FN2O4/c1-3-25(4-2)20(26)14-28-22(27)18-8-6-5-7-17(18)21-24-13-19(29-21)15-9-11-16(23)12-10-15/h5-13H,3-4,14H2,1-2H3. The molecule has 1 amide bonds. The van der Waals surface area contributed by atoms with Crippen molar-refractivity contribution in [3.8, 4) is 22.8 Å². The highest BCUT2D eigenvalue weighted by molar-refractivity contribution is 5.97. The summed E-state index contributed by atoms with van der Waals surface area (Å²) in [6.07, 6.45) is 1.51. The fraction of sp³-hybridized carbons (Fsp3) is 0.227. The molecule has 0 bridgehead atoms. The van der Waals surface area contributed by atoms with Crippen LogP contribution >= 0.6 is 0 Å². The number of hydrogen-bond acceptors (Lipinski definition) is 5. The Hall–Kier alpha value is -3.48. The van der Waals surface area contributed by atoms with Crippen LogP contribution in [0.2, 0.25) is 0 Å². The Balaban J connectivity index is 1.79. The van der Waals surface area contributed by atoms with E-state index in [9.17, 15) is 14.0 Å². The van der Waals surface area contributed by atoms with Crippen molar-refractivity contribution in [3.05, 3.63) is 66.1 Å². The van der Waals surface area contributed by atoms with Crippen LogP contribution in [0.4, 0.5) is 4.39 Å². The average Bonchev–Trinajstić information content (AvgIpc) is 3.23. The lowest BCUT2D eigenvalue weighted by Crippen LogP contribution is -2.34. The fourth-order valence-electron chi connectivity index (χ4n) is 2.87. The molecule has 6 nitrogen and oxygen atoms in total. The molecule has 3 aromatic rings. The number of amides is 1. The van der Waals surface area contributed by atoms with E-state index in [2.05, 4.69) is 4.98 Å². The third-order valence-electron chi connectivity index (χ3n) is 4.45. The Morgan fingerprint density at radius 1 is 1.07 bits per heavy atom. The van der Waals surface area contributed by atoms with Gasteiger partial charge in [0.1, 0.15) is 5.82 Å². The van der Waals surface area contributed by atoms with E-state index < -0.39 is 5.97 Å². The van der Waals surface area contributed by atoms with E-state index >= 15 is 0 Å². The van der Waals surface area contributed by atoms with Crippen molar-refractivity contribution in [2.24, 2.45) is 0 Å². The first-order valence-electron chi connectivity index (χ1n) is 9.29. The number of likely N-dealkylation sites (N-methyl/N-ethyl adjacent to an activating group) is 1. The first-order valence-corrected chi connectivity index (χ1v) is 9.29. The summed E-state index contributed by atoms with van der Waals surface area (Å²) in [6, 6.07) is 12.5. The smallest absolute Gasteiger partial charge is 0.339 e. The maximum atomic E-state index is 13.1. The number of benzene rings is 2. The molecule has 0 aliphatic rings. The predicted octanol–water partition coefficient (Wildman–Crippen LogP) is 4.17. The van der Waals surface area contributed by atoms with Gasteiger partial charge in [0.2, 0.25) is 5.89 Å². The van der Waals surface area contributed by atoms with Crippen LogP contribution in [0.1, 0.15) is 24.2 Å². The number of oxazole rings is 1. The van der Waals surface area contributed by atoms with Crippen molar-refractivity contribution in [2.75, 3.05) is 19.7 Å². The molecular formula is C22H21FN2O4. The molecule has 29 heavy (non-hydrogen) atoms. The normalized spacial score (nSPS) is 10.6. The molecular weight excluding hydrogens is 375 g/mol. The van der Waals surface area contributed by atoms with E-state index in [-0.39, 0.29) is 29.8 Å². The number of carbonyl (C=O) groups is 2. The third kappa shape index (κ3) is 4.68. The summed E-state index contributed by atoms with van der Waals surface area (Å²) < 4.78 is 24.1. The van der Waals surface area contributed by atoms with Crippen LogP contribution in [-0.4, -0.2) is 41.5 Å². The van der Waals surface area contributed by atoms with Gasteiger partial charge in [0.05, 0.1) is 17.3 Å². The first-order chi connectivity index (χ1) is 14.0. The summed E-state index contributed by atoms with van der Waals surface area (Å²) in [6.45, 7) is 4.48. The van der Waals surface area contributed by atoms with Gasteiger partial charge in [0.15, 0.2) is 12.4 Å². The molecule has 3 rings (SSSR count). The van der Waals surface area contributed by atoms with Gasteiger partial charge in [-0.2, -0.15) is 0 Å². The Morgan fingerprint density at radius 2 is 1.76 bits per heavy atom. The summed E-state index contributed by atoms with van der Waals surface area (Å²) in [5.41, 5.74) is 1.35. The van der Waals surface area contributed by atoms with E-state index in [1.54, 1.807) is 41.3 Å². The zero-order valence-electron chi connectivity index (χ0n) is 16.2. The summed E-state index contributed by atoms with van der Waals surface area (Å²) >= 11 is 0. The van der Waals surface area contributed by atoms with Gasteiger partial charge in [-0.1, -0.05) is 12.1 Å². The van der Waals surface area contributed by atoms with E-state index in [0.29, 0.717) is 30.0 Å². The van der Waals surface area contributed by atoms with Gasteiger partial charge in [-0.25, -0.2) is 14.2 Å². The van der Waals surface area contributed by atoms with E-state index in [0.717, 1.165) is 0 Å². The number of esters is 1. The number of hydrogen-bond donors (Lipinski definition) is 0. The van der Waals surface area contributed by atoms with Crippen molar-refractivity contribution in [2.45, 2.75) is 13.8 Å². The van der Waals surface area contributed by atoms with Gasteiger partial charge in [0.25, 0.3) is 5.91 Å². The Morgan fingerprint density at radius 3 is 2.45 bits per heavy atom. The minimum absolute atomic E-state index is 0.229. The highest BCUT2D eigenvalue weighted by Crippen LogP contribution is 2.28. The van der Waals surface area contributed by atoms with Crippen molar-refractivity contribution >= 4 is 11.9 Å². The number of halogens is 1. The summed E-state index contributed by atoms with van der Waals surface area (Å²) in [4.78, 5) is 30.4. The largest absolute Gasteiger partial charge is 0.452 e. The van der Waals surface area contributed by atoms with E-state index in [1.165, 1.54) is 18.3 Å². The quantitative estimate of drug-likeness (QED) is 0.561. The number of rotatable bonds is 7. The maximum Gasteiger partial charge on any atom is 0.339 e. The highest BCUT2D eigenvalue weighted by Gasteiger charge is 2.20. The van der Waals surface area contributed by atoms with Gasteiger partial charge in [-0.15, -0.1) is 0 Å². The molecule has 1 aromatic heterocycles. The van der Waals surface area contributed by atoms with Crippen LogP contribution < -0.4 is 0 Å². The van der Waals surface area contributed by atoms with Crippen molar-refractivity contribution in [3.63, 3.8) is 0 Å². The Bertz CT molecular complexity index is 994. The van der Waals surface area contributed by atoms with Crippen molar-refractivity contribution in [1.29, 1.82) is 0 Å². The molecule has 0 saturated heterocycles. The van der Waals surface area contributed by atoms with Crippen LogP contribution in [0.5, 0.6) is 0 Å². The van der Waals surface area contributed by atoms with Crippen LogP contribution in [-0.2, 0) is 9.53 Å². The molecule has 0 atom stereocenters. The lowest BCUT2D eigenvalue weighted by Gasteiger charge is -2.18. The summed E-state index contributed by atoms with van der Waals surface area (Å²) in [5.74, 6) is -0.564. The van der Waals surface area contributed by atoms with Gasteiger partial charge < -0.3 is 14.1 Å². The molecule has 0 aliphatic carbocycles. The molecule has 0 radical (unpaired) electrons. The van der Waals surface area contributed by atoms with Gasteiger partial charge in [-0.3, -0.25) is 4.79 Å². The summed E-state index contributed by atoms with van der Waals surface area (Å²) in [5, 5.41) is 0. The van der Waals surface area contributed by atoms with Crippen LogP contribution in [0, 0.1) is 5.82 Å². The second kappa shape index (κ2) is 9.14. The monoisotopic (exact) mass is 396 g/mol. The van der Waals surface area contributed by atoms with Gasteiger partial charge >= 0.3 is 5.97 Å². The van der Waals surface area contributed by atoms with Crippen LogP contribution in [0.15, 0.2) is 59.1 Å². The number of carbonyl (C=O) groups excluding carboxylic acids is 2. The van der Waals surface area contributed by atoms with Gasteiger partial charge in [-0.05, 0) is 50.2 Å². The molecule has 150 valence electrons. The maximum absolute atomic E-state index is 13.1. The predicted molar refractivity (Wildman–Crippen MR) is 106 cm³/mol. The summed E-state index contributed by atoms with van der Waals surface area (Å²) in [7, 11) is 0. The average molecular weight is 396 g/mol. The number of nitrogens with zero attached hydrogens (tertiary/aromatic N) is 2. The molecule has 0 fully saturated rings. The number of ether oxygens (including phenoxy) is 1. The second-order valence-corrected chi connectivity index (χ2v) is 6.22. The molecule has 0 spiro atoms. The SMILES string of the molecule is CCN(CC)C(=O)COC(=O)c1ccccc1-c1ncc(-c2ccc(F)cc2)o1.